The number of hydrogen-bond donors (Lipinski definition) is 0. The Balaban J connectivity index is 2.28. The Morgan fingerprint density at radius 2 is 2.30 bits per heavy atom. The van der Waals surface area contributed by atoms with Crippen LogP contribution in [0.4, 0.5) is 0 Å². The van der Waals surface area contributed by atoms with Crippen molar-refractivity contribution in [3.63, 3.8) is 0 Å². The molecule has 0 N–H and O–H groups in total. The van der Waals surface area contributed by atoms with Gasteiger partial charge in [0.25, 0.3) is 0 Å². The lowest BCUT2D eigenvalue weighted by Crippen LogP contribution is -2.33. The summed E-state index contributed by atoms with van der Waals surface area (Å²) in [6.45, 7) is 0. The van der Waals surface area contributed by atoms with Crippen molar-refractivity contribution >= 4 is 27.7 Å². The van der Waals surface area contributed by atoms with Gasteiger partial charge in [0.1, 0.15) is 5.40 Å². The zero-order valence-electron chi connectivity index (χ0n) is 5.77. The van der Waals surface area contributed by atoms with Crippen molar-refractivity contribution in [2.45, 2.75) is 19.3 Å². The SMILES string of the molecule is N#CSCC1(CBr)CCC1. The molecule has 3 heteroatoms. The normalized spacial score (nSPS) is 21.2. The summed E-state index contributed by atoms with van der Waals surface area (Å²) in [4.78, 5) is 0. The van der Waals surface area contributed by atoms with Gasteiger partial charge >= 0.3 is 0 Å². The minimum absolute atomic E-state index is 0.473. The van der Waals surface area contributed by atoms with Gasteiger partial charge in [-0.1, -0.05) is 22.4 Å². The fraction of sp³-hybridized carbons (Fsp3) is 0.857. The van der Waals surface area contributed by atoms with Gasteiger partial charge in [0.15, 0.2) is 0 Å². The minimum atomic E-state index is 0.473. The monoisotopic (exact) mass is 219 g/mol. The van der Waals surface area contributed by atoms with Gasteiger partial charge in [-0.3, -0.25) is 0 Å². The van der Waals surface area contributed by atoms with Gasteiger partial charge in [-0.15, -0.1) is 0 Å². The molecule has 10 heavy (non-hydrogen) atoms. The van der Waals surface area contributed by atoms with E-state index in [0.717, 1.165) is 11.1 Å². The summed E-state index contributed by atoms with van der Waals surface area (Å²) in [5.74, 6) is 1.01. The fourth-order valence-corrected chi connectivity index (χ4v) is 2.96. The highest BCUT2D eigenvalue weighted by Gasteiger charge is 2.35. The van der Waals surface area contributed by atoms with Gasteiger partial charge in [0.05, 0.1) is 0 Å². The van der Waals surface area contributed by atoms with Gasteiger partial charge < -0.3 is 0 Å². The van der Waals surface area contributed by atoms with Crippen LogP contribution < -0.4 is 0 Å². The number of rotatable bonds is 3. The van der Waals surface area contributed by atoms with Crippen LogP contribution in [-0.4, -0.2) is 11.1 Å². The predicted molar refractivity (Wildman–Crippen MR) is 48.1 cm³/mol. The van der Waals surface area contributed by atoms with E-state index in [9.17, 15) is 0 Å². The van der Waals surface area contributed by atoms with Crippen molar-refractivity contribution in [1.29, 1.82) is 5.26 Å². The quantitative estimate of drug-likeness (QED) is 0.539. The number of halogens is 1. The minimum Gasteiger partial charge on any atom is -0.185 e. The van der Waals surface area contributed by atoms with Gasteiger partial charge in [-0.2, -0.15) is 5.26 Å². The molecule has 0 amide bonds. The number of nitriles is 1. The zero-order valence-corrected chi connectivity index (χ0v) is 8.17. The lowest BCUT2D eigenvalue weighted by molar-refractivity contribution is 0.207. The van der Waals surface area contributed by atoms with E-state index >= 15 is 0 Å². The van der Waals surface area contributed by atoms with Crippen LogP contribution >= 0.6 is 27.7 Å². The average molecular weight is 220 g/mol. The molecule has 1 fully saturated rings. The van der Waals surface area contributed by atoms with E-state index in [0.29, 0.717) is 5.41 Å². The highest BCUT2D eigenvalue weighted by atomic mass is 79.9. The van der Waals surface area contributed by atoms with Gasteiger partial charge in [0, 0.05) is 11.1 Å². The van der Waals surface area contributed by atoms with Gasteiger partial charge in [-0.05, 0) is 30.0 Å². The summed E-state index contributed by atoms with van der Waals surface area (Å²) >= 11 is 4.88. The second-order valence-corrected chi connectivity index (χ2v) is 4.19. The topological polar surface area (TPSA) is 23.8 Å². The van der Waals surface area contributed by atoms with E-state index in [-0.39, 0.29) is 0 Å². The Labute approximate surface area is 74.3 Å². The maximum absolute atomic E-state index is 8.34. The molecule has 56 valence electrons. The summed E-state index contributed by atoms with van der Waals surface area (Å²) in [6.07, 6.45) is 3.94. The van der Waals surface area contributed by atoms with Crippen molar-refractivity contribution < 1.29 is 0 Å². The van der Waals surface area contributed by atoms with Crippen molar-refractivity contribution in [3.05, 3.63) is 0 Å². The number of thioether (sulfide) groups is 1. The third-order valence-electron chi connectivity index (χ3n) is 2.14. The molecule has 0 saturated heterocycles. The van der Waals surface area contributed by atoms with E-state index in [1.807, 2.05) is 0 Å². The molecular formula is C7H10BrNS. The molecule has 0 atom stereocenters. The van der Waals surface area contributed by atoms with Crippen LogP contribution in [-0.2, 0) is 0 Å². The Kier molecular flexibility index (Phi) is 3.06. The molecule has 1 aliphatic carbocycles. The number of hydrogen-bond acceptors (Lipinski definition) is 2. The Morgan fingerprint density at radius 1 is 1.60 bits per heavy atom. The van der Waals surface area contributed by atoms with E-state index in [1.165, 1.54) is 31.0 Å². The highest BCUT2D eigenvalue weighted by Crippen LogP contribution is 2.44. The maximum Gasteiger partial charge on any atom is 0.133 e. The first-order chi connectivity index (χ1) is 4.83. The van der Waals surface area contributed by atoms with E-state index in [1.54, 1.807) is 0 Å². The third-order valence-corrected chi connectivity index (χ3v) is 4.22. The summed E-state index contributed by atoms with van der Waals surface area (Å²) in [5, 5.41) is 11.5. The number of thiocyanates is 1. The molecule has 0 radical (unpaired) electrons. The Bertz CT molecular complexity index is 143. The third kappa shape index (κ3) is 1.67. The molecule has 0 aromatic rings. The second-order valence-electron chi connectivity index (χ2n) is 2.87. The van der Waals surface area contributed by atoms with E-state index in [2.05, 4.69) is 21.3 Å². The molecule has 1 saturated carbocycles. The summed E-state index contributed by atoms with van der Waals surface area (Å²) in [6, 6.07) is 0. The Hall–Kier alpha value is 0.320. The first-order valence-electron chi connectivity index (χ1n) is 3.40. The van der Waals surface area contributed by atoms with Gasteiger partial charge in [-0.25, -0.2) is 0 Å². The molecule has 0 aliphatic heterocycles. The van der Waals surface area contributed by atoms with Crippen molar-refractivity contribution in [1.82, 2.24) is 0 Å². The van der Waals surface area contributed by atoms with E-state index < -0.39 is 0 Å². The van der Waals surface area contributed by atoms with Crippen LogP contribution in [0, 0.1) is 16.1 Å². The molecular weight excluding hydrogens is 210 g/mol. The zero-order chi connectivity index (χ0) is 7.45. The largest absolute Gasteiger partial charge is 0.185 e. The highest BCUT2D eigenvalue weighted by molar-refractivity contribution is 9.09. The summed E-state index contributed by atoms with van der Waals surface area (Å²) < 4.78 is 0. The van der Waals surface area contributed by atoms with Gasteiger partial charge in [0.2, 0.25) is 0 Å². The van der Waals surface area contributed by atoms with Crippen molar-refractivity contribution in [3.8, 4) is 5.40 Å². The number of alkyl halides is 1. The van der Waals surface area contributed by atoms with Crippen LogP contribution in [0.3, 0.4) is 0 Å². The Morgan fingerprint density at radius 3 is 2.60 bits per heavy atom. The standard InChI is InChI=1S/C7H10BrNS/c8-4-7(2-1-3-7)5-10-6-9/h1-5H2. The maximum atomic E-state index is 8.34. The van der Waals surface area contributed by atoms with Crippen LogP contribution in [0.5, 0.6) is 0 Å². The molecule has 0 unspecified atom stereocenters. The molecule has 0 bridgehead atoms. The number of nitrogens with zero attached hydrogens (tertiary/aromatic N) is 1. The molecule has 0 heterocycles. The fourth-order valence-electron chi connectivity index (χ4n) is 1.18. The van der Waals surface area contributed by atoms with Crippen LogP contribution in [0.1, 0.15) is 19.3 Å². The van der Waals surface area contributed by atoms with Crippen LogP contribution in [0.25, 0.3) is 0 Å². The molecule has 1 rings (SSSR count). The van der Waals surface area contributed by atoms with Crippen molar-refractivity contribution in [2.75, 3.05) is 11.1 Å². The first-order valence-corrected chi connectivity index (χ1v) is 5.50. The molecule has 1 aliphatic rings. The van der Waals surface area contributed by atoms with E-state index in [4.69, 9.17) is 5.26 Å². The molecule has 0 aromatic heterocycles. The van der Waals surface area contributed by atoms with Crippen LogP contribution in [0.15, 0.2) is 0 Å². The summed E-state index contributed by atoms with van der Waals surface area (Å²) in [7, 11) is 0. The summed E-state index contributed by atoms with van der Waals surface area (Å²) in [5.41, 5.74) is 0.473. The smallest absolute Gasteiger partial charge is 0.133 e. The lowest BCUT2D eigenvalue weighted by atomic mass is 9.72. The lowest BCUT2D eigenvalue weighted by Gasteiger charge is -2.39. The average Bonchev–Trinajstić information content (AvgIpc) is 1.87. The second kappa shape index (κ2) is 3.64. The molecule has 1 nitrogen and oxygen atoms in total. The molecule has 0 aromatic carbocycles. The van der Waals surface area contributed by atoms with Crippen LogP contribution in [0.2, 0.25) is 0 Å². The van der Waals surface area contributed by atoms with Crippen molar-refractivity contribution in [2.24, 2.45) is 5.41 Å². The molecule has 0 spiro atoms. The first kappa shape index (κ1) is 8.42. The predicted octanol–water partition coefficient (Wildman–Crippen LogP) is 2.77.